The number of nitrogens with zero attached hydrogens (tertiary/aromatic N) is 1. The van der Waals surface area contributed by atoms with Crippen LogP contribution in [0.5, 0.6) is 0 Å². The second kappa shape index (κ2) is 5.76. The third-order valence-electron chi connectivity index (χ3n) is 1.92. The molecule has 0 unspecified atom stereocenters. The molecule has 0 radical (unpaired) electrons. The van der Waals surface area contributed by atoms with Gasteiger partial charge in [0, 0.05) is 12.2 Å². The van der Waals surface area contributed by atoms with Gasteiger partial charge in [0.15, 0.2) is 0 Å². The number of urea groups is 1. The van der Waals surface area contributed by atoms with Crippen molar-refractivity contribution in [2.24, 2.45) is 5.92 Å². The molecule has 0 heterocycles. The lowest BCUT2D eigenvalue weighted by molar-refractivity contribution is 0.251. The molecule has 84 valence electrons. The monoisotopic (exact) mass is 217 g/mol. The van der Waals surface area contributed by atoms with Crippen molar-refractivity contribution in [1.82, 2.24) is 5.32 Å². The number of nitrogens with one attached hydrogen (secondary N) is 2. The Morgan fingerprint density at radius 1 is 1.50 bits per heavy atom. The smallest absolute Gasteiger partial charge is 0.319 e. The second-order valence-corrected chi connectivity index (χ2v) is 3.92. The summed E-state index contributed by atoms with van der Waals surface area (Å²) in [7, 11) is 0. The van der Waals surface area contributed by atoms with Crippen molar-refractivity contribution in [2.75, 3.05) is 11.9 Å². The Kier molecular flexibility index (Phi) is 4.34. The van der Waals surface area contributed by atoms with Crippen molar-refractivity contribution < 1.29 is 4.79 Å². The Balaban J connectivity index is 2.53. The van der Waals surface area contributed by atoms with Gasteiger partial charge in [-0.05, 0) is 24.1 Å². The van der Waals surface area contributed by atoms with Gasteiger partial charge in [0.1, 0.15) is 0 Å². The number of rotatable bonds is 3. The Morgan fingerprint density at radius 2 is 2.25 bits per heavy atom. The maximum atomic E-state index is 11.4. The Morgan fingerprint density at radius 3 is 2.88 bits per heavy atom. The number of carbonyl (C=O) groups excluding carboxylic acids is 1. The molecule has 0 aliphatic rings. The molecule has 1 rings (SSSR count). The van der Waals surface area contributed by atoms with Crippen LogP contribution in [0.4, 0.5) is 10.5 Å². The van der Waals surface area contributed by atoms with E-state index in [1.807, 2.05) is 19.9 Å². The summed E-state index contributed by atoms with van der Waals surface area (Å²) in [6.07, 6.45) is 0. The molecule has 2 amide bonds. The highest BCUT2D eigenvalue weighted by molar-refractivity contribution is 5.89. The van der Waals surface area contributed by atoms with Gasteiger partial charge in [-0.3, -0.25) is 0 Å². The fourth-order valence-electron chi connectivity index (χ4n) is 1.14. The molecule has 0 saturated carbocycles. The minimum Gasteiger partial charge on any atom is -0.338 e. The van der Waals surface area contributed by atoms with Crippen LogP contribution in [0.2, 0.25) is 0 Å². The lowest BCUT2D eigenvalue weighted by atomic mass is 10.2. The lowest BCUT2D eigenvalue weighted by Gasteiger charge is -2.09. The number of carbonyl (C=O) groups is 1. The molecule has 0 aliphatic carbocycles. The van der Waals surface area contributed by atoms with E-state index in [0.29, 0.717) is 23.7 Å². The fourth-order valence-corrected chi connectivity index (χ4v) is 1.14. The predicted molar refractivity (Wildman–Crippen MR) is 63.0 cm³/mol. The van der Waals surface area contributed by atoms with E-state index in [-0.39, 0.29) is 6.03 Å². The zero-order valence-corrected chi connectivity index (χ0v) is 9.45. The average Bonchev–Trinajstić information content (AvgIpc) is 2.26. The maximum Gasteiger partial charge on any atom is 0.319 e. The van der Waals surface area contributed by atoms with Crippen molar-refractivity contribution in [3.05, 3.63) is 29.8 Å². The van der Waals surface area contributed by atoms with Gasteiger partial charge in [0.05, 0.1) is 11.6 Å². The normalized spacial score (nSPS) is 9.62. The summed E-state index contributed by atoms with van der Waals surface area (Å²) in [4.78, 5) is 11.4. The van der Waals surface area contributed by atoms with Crippen LogP contribution in [-0.4, -0.2) is 12.6 Å². The Hall–Kier alpha value is -2.02. The summed E-state index contributed by atoms with van der Waals surface area (Å²) < 4.78 is 0. The van der Waals surface area contributed by atoms with Gasteiger partial charge in [0.2, 0.25) is 0 Å². The SMILES string of the molecule is CC(C)CNC(=O)Nc1cccc(C#N)c1. The number of hydrogen-bond acceptors (Lipinski definition) is 2. The van der Waals surface area contributed by atoms with Crippen molar-refractivity contribution >= 4 is 11.7 Å². The Bertz CT molecular complexity index is 407. The van der Waals surface area contributed by atoms with Crippen LogP contribution in [0.25, 0.3) is 0 Å². The first-order valence-corrected chi connectivity index (χ1v) is 5.17. The zero-order valence-electron chi connectivity index (χ0n) is 9.45. The minimum atomic E-state index is -0.246. The van der Waals surface area contributed by atoms with E-state index >= 15 is 0 Å². The summed E-state index contributed by atoms with van der Waals surface area (Å²) in [5.41, 5.74) is 1.15. The lowest BCUT2D eigenvalue weighted by Crippen LogP contribution is -2.31. The fraction of sp³-hybridized carbons (Fsp3) is 0.333. The molecule has 4 nitrogen and oxygen atoms in total. The van der Waals surface area contributed by atoms with Crippen LogP contribution in [-0.2, 0) is 0 Å². The van der Waals surface area contributed by atoms with E-state index in [4.69, 9.17) is 5.26 Å². The predicted octanol–water partition coefficient (Wildman–Crippen LogP) is 2.34. The molecule has 16 heavy (non-hydrogen) atoms. The summed E-state index contributed by atoms with van der Waals surface area (Å²) in [6, 6.07) is 8.58. The molecule has 0 aliphatic heterocycles. The number of nitriles is 1. The van der Waals surface area contributed by atoms with E-state index in [0.717, 1.165) is 0 Å². The van der Waals surface area contributed by atoms with E-state index < -0.39 is 0 Å². The van der Waals surface area contributed by atoms with Gasteiger partial charge in [-0.15, -0.1) is 0 Å². The third kappa shape index (κ3) is 4.01. The second-order valence-electron chi connectivity index (χ2n) is 3.92. The number of hydrogen-bond donors (Lipinski definition) is 2. The third-order valence-corrected chi connectivity index (χ3v) is 1.92. The van der Waals surface area contributed by atoms with Crippen LogP contribution in [0.15, 0.2) is 24.3 Å². The molecule has 0 saturated heterocycles. The van der Waals surface area contributed by atoms with Crippen LogP contribution in [0, 0.1) is 17.2 Å². The van der Waals surface area contributed by atoms with Gasteiger partial charge in [-0.2, -0.15) is 5.26 Å². The van der Waals surface area contributed by atoms with Gasteiger partial charge in [0.25, 0.3) is 0 Å². The number of amides is 2. The van der Waals surface area contributed by atoms with Crippen molar-refractivity contribution in [3.8, 4) is 6.07 Å². The largest absolute Gasteiger partial charge is 0.338 e. The van der Waals surface area contributed by atoms with Crippen LogP contribution < -0.4 is 10.6 Å². The molecule has 0 spiro atoms. The summed E-state index contributed by atoms with van der Waals surface area (Å²) in [5, 5.41) is 14.1. The topological polar surface area (TPSA) is 64.9 Å². The van der Waals surface area contributed by atoms with Gasteiger partial charge in [-0.1, -0.05) is 19.9 Å². The summed E-state index contributed by atoms with van der Waals surface area (Å²) >= 11 is 0. The highest BCUT2D eigenvalue weighted by atomic mass is 16.2. The minimum absolute atomic E-state index is 0.246. The standard InChI is InChI=1S/C12H15N3O/c1-9(2)8-14-12(16)15-11-5-3-4-10(6-11)7-13/h3-6,9H,8H2,1-2H3,(H2,14,15,16). The summed E-state index contributed by atoms with van der Waals surface area (Å²) in [6.45, 7) is 4.68. The van der Waals surface area contributed by atoms with E-state index in [1.165, 1.54) is 0 Å². The van der Waals surface area contributed by atoms with Gasteiger partial charge in [-0.25, -0.2) is 4.79 Å². The molecular weight excluding hydrogens is 202 g/mol. The van der Waals surface area contributed by atoms with Crippen LogP contribution in [0.3, 0.4) is 0 Å². The van der Waals surface area contributed by atoms with Gasteiger partial charge >= 0.3 is 6.03 Å². The first-order valence-electron chi connectivity index (χ1n) is 5.17. The highest BCUT2D eigenvalue weighted by Crippen LogP contribution is 2.09. The number of benzene rings is 1. The number of anilines is 1. The molecule has 1 aromatic carbocycles. The summed E-state index contributed by atoms with van der Waals surface area (Å²) in [5.74, 6) is 0.413. The van der Waals surface area contributed by atoms with Crippen LogP contribution in [0.1, 0.15) is 19.4 Å². The van der Waals surface area contributed by atoms with E-state index in [1.54, 1.807) is 24.3 Å². The Labute approximate surface area is 95.3 Å². The van der Waals surface area contributed by atoms with E-state index in [9.17, 15) is 4.79 Å². The van der Waals surface area contributed by atoms with Crippen molar-refractivity contribution in [3.63, 3.8) is 0 Å². The average molecular weight is 217 g/mol. The molecule has 0 fully saturated rings. The molecule has 4 heteroatoms. The molecule has 0 aromatic heterocycles. The first-order chi connectivity index (χ1) is 7.61. The first kappa shape index (κ1) is 12.1. The molecule has 2 N–H and O–H groups in total. The van der Waals surface area contributed by atoms with Crippen LogP contribution >= 0.6 is 0 Å². The zero-order chi connectivity index (χ0) is 12.0. The van der Waals surface area contributed by atoms with Gasteiger partial charge < -0.3 is 10.6 Å². The van der Waals surface area contributed by atoms with E-state index in [2.05, 4.69) is 10.6 Å². The quantitative estimate of drug-likeness (QED) is 0.816. The van der Waals surface area contributed by atoms with Crippen molar-refractivity contribution in [2.45, 2.75) is 13.8 Å². The van der Waals surface area contributed by atoms with Crippen molar-refractivity contribution in [1.29, 1.82) is 5.26 Å². The molecule has 0 bridgehead atoms. The molecular formula is C12H15N3O. The maximum absolute atomic E-state index is 11.4. The highest BCUT2D eigenvalue weighted by Gasteiger charge is 2.02. The molecule has 0 atom stereocenters. The molecule has 1 aromatic rings.